The van der Waals surface area contributed by atoms with Crippen LogP contribution in [0.15, 0.2) is 35.1 Å². The molecule has 0 spiro atoms. The maximum atomic E-state index is 12.4. The zero-order chi connectivity index (χ0) is 14.7. The second-order valence-corrected chi connectivity index (χ2v) is 4.06. The summed E-state index contributed by atoms with van der Waals surface area (Å²) in [4.78, 5) is 14.2. The minimum atomic E-state index is -2.98. The number of nitrogens with zero attached hydrogens (tertiary/aromatic N) is 1. The smallest absolute Gasteiger partial charge is 0.387 e. The van der Waals surface area contributed by atoms with Crippen LogP contribution in [0, 0.1) is 18.3 Å². The molecule has 0 saturated heterocycles. The number of ether oxygens (including phenoxy) is 1. The third kappa shape index (κ3) is 2.67. The van der Waals surface area contributed by atoms with Crippen molar-refractivity contribution in [1.82, 2.24) is 4.98 Å². The summed E-state index contributed by atoms with van der Waals surface area (Å²) in [5.74, 6) is -0.0796. The SMILES string of the molecule is Cc1cc(-c2ccccc2OC(F)F)c(C#N)c(=O)[nH]1. The van der Waals surface area contributed by atoms with Gasteiger partial charge in [-0.1, -0.05) is 18.2 Å². The molecule has 0 bridgehead atoms. The Hall–Kier alpha value is -2.68. The summed E-state index contributed by atoms with van der Waals surface area (Å²) in [6, 6.07) is 9.36. The average Bonchev–Trinajstić information content (AvgIpc) is 2.38. The normalized spacial score (nSPS) is 10.3. The van der Waals surface area contributed by atoms with Gasteiger partial charge in [0.1, 0.15) is 17.4 Å². The van der Waals surface area contributed by atoms with Crippen molar-refractivity contribution >= 4 is 0 Å². The maximum Gasteiger partial charge on any atom is 0.387 e. The van der Waals surface area contributed by atoms with Crippen molar-refractivity contribution in [1.29, 1.82) is 5.26 Å². The van der Waals surface area contributed by atoms with E-state index in [2.05, 4.69) is 9.72 Å². The van der Waals surface area contributed by atoms with Crippen LogP contribution in [0.4, 0.5) is 8.78 Å². The van der Waals surface area contributed by atoms with Crippen molar-refractivity contribution in [3.05, 3.63) is 51.9 Å². The van der Waals surface area contributed by atoms with E-state index in [9.17, 15) is 13.6 Å². The molecule has 6 heteroatoms. The number of benzene rings is 1. The quantitative estimate of drug-likeness (QED) is 0.937. The van der Waals surface area contributed by atoms with Crippen LogP contribution in [0.2, 0.25) is 0 Å². The van der Waals surface area contributed by atoms with Crippen LogP contribution >= 0.6 is 0 Å². The number of aryl methyl sites for hydroxylation is 1. The topological polar surface area (TPSA) is 65.9 Å². The number of nitrogens with one attached hydrogen (secondary N) is 1. The number of H-pyrrole nitrogens is 1. The minimum absolute atomic E-state index is 0.0796. The second kappa shape index (κ2) is 5.53. The molecule has 1 aromatic carbocycles. The molecule has 1 heterocycles. The molecule has 1 aromatic heterocycles. The fourth-order valence-corrected chi connectivity index (χ4v) is 1.90. The Labute approximate surface area is 113 Å². The first-order valence-corrected chi connectivity index (χ1v) is 5.71. The number of aromatic amines is 1. The first-order chi connectivity index (χ1) is 9.52. The van der Waals surface area contributed by atoms with Crippen LogP contribution in [0.5, 0.6) is 5.75 Å². The summed E-state index contributed by atoms with van der Waals surface area (Å²) in [5.41, 5.74) is 0.370. The van der Waals surface area contributed by atoms with Gasteiger partial charge in [0.2, 0.25) is 0 Å². The lowest BCUT2D eigenvalue weighted by Crippen LogP contribution is -2.13. The van der Waals surface area contributed by atoms with Crippen LogP contribution in [-0.2, 0) is 0 Å². The van der Waals surface area contributed by atoms with Crippen LogP contribution < -0.4 is 10.3 Å². The van der Waals surface area contributed by atoms with Gasteiger partial charge in [-0.05, 0) is 19.1 Å². The van der Waals surface area contributed by atoms with Crippen LogP contribution in [0.3, 0.4) is 0 Å². The van der Waals surface area contributed by atoms with E-state index in [-0.39, 0.29) is 22.4 Å². The number of halogens is 2. The highest BCUT2D eigenvalue weighted by atomic mass is 19.3. The van der Waals surface area contributed by atoms with Gasteiger partial charge in [0.25, 0.3) is 5.56 Å². The Bertz CT molecular complexity index is 733. The van der Waals surface area contributed by atoms with Crippen molar-refractivity contribution in [2.75, 3.05) is 0 Å². The Kier molecular flexibility index (Phi) is 3.80. The van der Waals surface area contributed by atoms with E-state index in [0.29, 0.717) is 5.69 Å². The first kappa shape index (κ1) is 13.7. The Morgan fingerprint density at radius 3 is 2.65 bits per heavy atom. The zero-order valence-electron chi connectivity index (χ0n) is 10.5. The number of alkyl halides is 2. The molecular formula is C14H10F2N2O2. The predicted molar refractivity (Wildman–Crippen MR) is 68.6 cm³/mol. The molecule has 0 aliphatic carbocycles. The molecule has 2 aromatic rings. The van der Waals surface area contributed by atoms with Gasteiger partial charge in [0, 0.05) is 16.8 Å². The fraction of sp³-hybridized carbons (Fsp3) is 0.143. The van der Waals surface area contributed by atoms with Gasteiger partial charge in [-0.3, -0.25) is 4.79 Å². The summed E-state index contributed by atoms with van der Waals surface area (Å²) in [5, 5.41) is 9.07. The summed E-state index contributed by atoms with van der Waals surface area (Å²) in [6.07, 6.45) is 0. The molecule has 1 N–H and O–H groups in total. The van der Waals surface area contributed by atoms with Gasteiger partial charge in [-0.15, -0.1) is 0 Å². The van der Waals surface area contributed by atoms with E-state index in [1.165, 1.54) is 18.2 Å². The Morgan fingerprint density at radius 1 is 1.30 bits per heavy atom. The predicted octanol–water partition coefficient (Wildman–Crippen LogP) is 2.82. The molecule has 0 radical (unpaired) electrons. The number of nitriles is 1. The molecule has 2 rings (SSSR count). The van der Waals surface area contributed by atoms with Crippen LogP contribution in [0.25, 0.3) is 11.1 Å². The molecular weight excluding hydrogens is 266 g/mol. The number of para-hydroxylation sites is 1. The average molecular weight is 276 g/mol. The van der Waals surface area contributed by atoms with Gasteiger partial charge >= 0.3 is 6.61 Å². The molecule has 0 amide bonds. The van der Waals surface area contributed by atoms with E-state index >= 15 is 0 Å². The molecule has 0 atom stereocenters. The largest absolute Gasteiger partial charge is 0.434 e. The first-order valence-electron chi connectivity index (χ1n) is 5.71. The molecule has 0 unspecified atom stereocenters. The van der Waals surface area contributed by atoms with Gasteiger partial charge in [0.15, 0.2) is 0 Å². The number of rotatable bonds is 3. The van der Waals surface area contributed by atoms with Gasteiger partial charge in [-0.25, -0.2) is 0 Å². The summed E-state index contributed by atoms with van der Waals surface area (Å²) in [6.45, 7) is -1.34. The number of pyridine rings is 1. The highest BCUT2D eigenvalue weighted by Gasteiger charge is 2.16. The highest BCUT2D eigenvalue weighted by Crippen LogP contribution is 2.32. The fourth-order valence-electron chi connectivity index (χ4n) is 1.90. The van der Waals surface area contributed by atoms with Crippen molar-refractivity contribution in [2.45, 2.75) is 13.5 Å². The Balaban J connectivity index is 2.69. The molecule has 0 fully saturated rings. The molecule has 20 heavy (non-hydrogen) atoms. The van der Waals surface area contributed by atoms with E-state index < -0.39 is 12.2 Å². The van der Waals surface area contributed by atoms with E-state index in [0.717, 1.165) is 0 Å². The van der Waals surface area contributed by atoms with E-state index in [1.54, 1.807) is 25.1 Å². The number of aromatic nitrogens is 1. The van der Waals surface area contributed by atoms with Gasteiger partial charge in [-0.2, -0.15) is 14.0 Å². The molecule has 0 aliphatic heterocycles. The summed E-state index contributed by atoms with van der Waals surface area (Å²) in [7, 11) is 0. The molecule has 0 aliphatic rings. The van der Waals surface area contributed by atoms with Gasteiger partial charge < -0.3 is 9.72 Å². The van der Waals surface area contributed by atoms with Crippen molar-refractivity contribution in [2.24, 2.45) is 0 Å². The highest BCUT2D eigenvalue weighted by molar-refractivity contribution is 5.75. The van der Waals surface area contributed by atoms with Crippen LogP contribution in [0.1, 0.15) is 11.3 Å². The van der Waals surface area contributed by atoms with Crippen LogP contribution in [-0.4, -0.2) is 11.6 Å². The van der Waals surface area contributed by atoms with Crippen molar-refractivity contribution in [3.63, 3.8) is 0 Å². The lowest BCUT2D eigenvalue weighted by atomic mass is 10.0. The zero-order valence-corrected chi connectivity index (χ0v) is 10.5. The van der Waals surface area contributed by atoms with E-state index in [4.69, 9.17) is 5.26 Å². The molecule has 4 nitrogen and oxygen atoms in total. The third-order valence-electron chi connectivity index (χ3n) is 2.67. The lowest BCUT2D eigenvalue weighted by molar-refractivity contribution is -0.0494. The standard InChI is InChI=1S/C14H10F2N2O2/c1-8-6-10(11(7-17)13(19)18-8)9-4-2-3-5-12(9)20-14(15)16/h2-6,14H,1H3,(H,18,19). The molecule has 102 valence electrons. The Morgan fingerprint density at radius 2 is 2.00 bits per heavy atom. The minimum Gasteiger partial charge on any atom is -0.434 e. The lowest BCUT2D eigenvalue weighted by Gasteiger charge is -2.11. The third-order valence-corrected chi connectivity index (χ3v) is 2.67. The summed E-state index contributed by atoms with van der Waals surface area (Å²) >= 11 is 0. The number of hydrogen-bond donors (Lipinski definition) is 1. The van der Waals surface area contributed by atoms with Crippen molar-refractivity contribution < 1.29 is 13.5 Å². The molecule has 0 saturated carbocycles. The van der Waals surface area contributed by atoms with Gasteiger partial charge in [0.05, 0.1) is 0 Å². The van der Waals surface area contributed by atoms with Crippen molar-refractivity contribution in [3.8, 4) is 22.9 Å². The second-order valence-electron chi connectivity index (χ2n) is 4.06. The number of hydrogen-bond acceptors (Lipinski definition) is 3. The van der Waals surface area contributed by atoms with E-state index in [1.807, 2.05) is 0 Å². The summed E-state index contributed by atoms with van der Waals surface area (Å²) < 4.78 is 29.2. The maximum absolute atomic E-state index is 12.4. The monoisotopic (exact) mass is 276 g/mol.